The van der Waals surface area contributed by atoms with Gasteiger partial charge in [-0.25, -0.2) is 5.01 Å². The van der Waals surface area contributed by atoms with Gasteiger partial charge in [0.2, 0.25) is 5.91 Å². The Balaban J connectivity index is 1.99. The van der Waals surface area contributed by atoms with E-state index in [2.05, 4.69) is 30.2 Å². The highest BCUT2D eigenvalue weighted by molar-refractivity contribution is 6.34. The largest absolute Gasteiger partial charge is 0.273 e. The topological polar surface area (TPSA) is 32.7 Å². The lowest BCUT2D eigenvalue weighted by Gasteiger charge is -2.21. The average molecular weight is 327 g/mol. The Labute approximate surface area is 141 Å². The number of nitrogens with zero attached hydrogens (tertiary/aromatic N) is 2. The molecule has 1 amide bonds. The van der Waals surface area contributed by atoms with Crippen molar-refractivity contribution >= 4 is 23.2 Å². The first-order chi connectivity index (χ1) is 11.1. The second kappa shape index (κ2) is 6.55. The van der Waals surface area contributed by atoms with Crippen molar-refractivity contribution < 1.29 is 4.79 Å². The van der Waals surface area contributed by atoms with Gasteiger partial charge in [0.25, 0.3) is 0 Å². The van der Waals surface area contributed by atoms with Crippen molar-refractivity contribution in [3.8, 4) is 0 Å². The summed E-state index contributed by atoms with van der Waals surface area (Å²) in [7, 11) is 0. The molecule has 1 atom stereocenters. The third-order valence-corrected chi connectivity index (χ3v) is 4.41. The second-order valence-electron chi connectivity index (χ2n) is 5.75. The van der Waals surface area contributed by atoms with Crippen LogP contribution in [0.25, 0.3) is 0 Å². The number of carbonyl (C=O) groups excluding carboxylic acids is 1. The van der Waals surface area contributed by atoms with E-state index in [0.717, 1.165) is 16.8 Å². The zero-order chi connectivity index (χ0) is 16.4. The molecule has 0 aliphatic carbocycles. The molecule has 0 fully saturated rings. The van der Waals surface area contributed by atoms with Crippen LogP contribution in [0.4, 0.5) is 0 Å². The van der Waals surface area contributed by atoms with E-state index in [1.54, 1.807) is 5.01 Å². The van der Waals surface area contributed by atoms with Gasteiger partial charge in [0.05, 0.1) is 11.8 Å². The zero-order valence-electron chi connectivity index (χ0n) is 13.3. The third-order valence-electron chi connectivity index (χ3n) is 4.08. The number of hydrogen-bond donors (Lipinski definition) is 0. The van der Waals surface area contributed by atoms with Crippen LogP contribution in [0.15, 0.2) is 53.6 Å². The van der Waals surface area contributed by atoms with Crippen LogP contribution in [-0.4, -0.2) is 16.6 Å². The van der Waals surface area contributed by atoms with E-state index in [0.29, 0.717) is 17.9 Å². The Morgan fingerprint density at radius 1 is 1.26 bits per heavy atom. The van der Waals surface area contributed by atoms with E-state index in [-0.39, 0.29) is 11.9 Å². The first-order valence-electron chi connectivity index (χ1n) is 7.81. The Bertz CT molecular complexity index is 769. The van der Waals surface area contributed by atoms with E-state index < -0.39 is 0 Å². The standard InChI is InChI=1S/C19H19ClN2O/c1-3-19(23)22-18(14-8-6-7-13(2)11-14)12-17(21-22)15-9-4-5-10-16(15)20/h4-11,18H,3,12H2,1-2H3/t18-/m0/s1. The van der Waals surface area contributed by atoms with Gasteiger partial charge in [0.1, 0.15) is 0 Å². The van der Waals surface area contributed by atoms with E-state index in [1.165, 1.54) is 5.56 Å². The van der Waals surface area contributed by atoms with Gasteiger partial charge in [-0.3, -0.25) is 4.79 Å². The summed E-state index contributed by atoms with van der Waals surface area (Å²) in [5, 5.41) is 6.88. The van der Waals surface area contributed by atoms with Gasteiger partial charge in [-0.1, -0.05) is 66.6 Å². The average Bonchev–Trinajstić information content (AvgIpc) is 2.99. The van der Waals surface area contributed by atoms with Crippen LogP contribution < -0.4 is 0 Å². The van der Waals surface area contributed by atoms with Crippen molar-refractivity contribution in [1.82, 2.24) is 5.01 Å². The molecule has 0 spiro atoms. The molecule has 2 aromatic carbocycles. The first-order valence-corrected chi connectivity index (χ1v) is 8.19. The summed E-state index contributed by atoms with van der Waals surface area (Å²) in [4.78, 5) is 12.3. The van der Waals surface area contributed by atoms with Gasteiger partial charge in [-0.05, 0) is 18.6 Å². The number of rotatable bonds is 3. The molecule has 0 saturated heterocycles. The van der Waals surface area contributed by atoms with E-state index in [4.69, 9.17) is 11.6 Å². The summed E-state index contributed by atoms with van der Waals surface area (Å²) in [5.41, 5.74) is 4.05. The van der Waals surface area contributed by atoms with Gasteiger partial charge in [-0.2, -0.15) is 5.10 Å². The third kappa shape index (κ3) is 3.15. The van der Waals surface area contributed by atoms with Gasteiger partial charge >= 0.3 is 0 Å². The number of hydrazone groups is 1. The molecule has 0 aromatic heterocycles. The summed E-state index contributed by atoms with van der Waals surface area (Å²) in [6, 6.07) is 15.8. The molecule has 1 heterocycles. The Kier molecular flexibility index (Phi) is 4.49. The van der Waals surface area contributed by atoms with E-state index in [9.17, 15) is 4.79 Å². The van der Waals surface area contributed by atoms with Crippen molar-refractivity contribution in [3.05, 3.63) is 70.2 Å². The molecule has 0 unspecified atom stereocenters. The molecular formula is C19H19ClN2O. The van der Waals surface area contributed by atoms with Gasteiger partial charge < -0.3 is 0 Å². The lowest BCUT2D eigenvalue weighted by atomic mass is 9.97. The fraction of sp³-hybridized carbons (Fsp3) is 0.263. The highest BCUT2D eigenvalue weighted by Crippen LogP contribution is 2.34. The molecule has 4 heteroatoms. The minimum absolute atomic E-state index is 0.0264. The van der Waals surface area contributed by atoms with Crippen LogP contribution >= 0.6 is 11.6 Å². The number of amides is 1. The molecule has 0 N–H and O–H groups in total. The number of aryl methyl sites for hydroxylation is 1. The summed E-state index contributed by atoms with van der Waals surface area (Å²) < 4.78 is 0. The second-order valence-corrected chi connectivity index (χ2v) is 6.16. The lowest BCUT2D eigenvalue weighted by Crippen LogP contribution is -2.26. The maximum Gasteiger partial charge on any atom is 0.242 e. The molecule has 1 aliphatic heterocycles. The number of halogens is 1. The molecule has 3 rings (SSSR count). The smallest absolute Gasteiger partial charge is 0.242 e. The molecule has 0 bridgehead atoms. The molecule has 3 nitrogen and oxygen atoms in total. The molecule has 2 aromatic rings. The van der Waals surface area contributed by atoms with Crippen molar-refractivity contribution in [2.45, 2.75) is 32.7 Å². The summed E-state index contributed by atoms with van der Waals surface area (Å²) in [5.74, 6) is 0.0264. The van der Waals surface area contributed by atoms with Gasteiger partial charge in [0.15, 0.2) is 0 Å². The highest BCUT2D eigenvalue weighted by atomic mass is 35.5. The predicted molar refractivity (Wildman–Crippen MR) is 93.7 cm³/mol. The Morgan fingerprint density at radius 3 is 2.74 bits per heavy atom. The summed E-state index contributed by atoms with van der Waals surface area (Å²) >= 11 is 6.30. The zero-order valence-corrected chi connectivity index (χ0v) is 14.0. The van der Waals surface area contributed by atoms with Crippen molar-refractivity contribution in [1.29, 1.82) is 0 Å². The lowest BCUT2D eigenvalue weighted by molar-refractivity contribution is -0.132. The van der Waals surface area contributed by atoms with Gasteiger partial charge in [-0.15, -0.1) is 0 Å². The van der Waals surface area contributed by atoms with Gasteiger partial charge in [0, 0.05) is 23.4 Å². The monoisotopic (exact) mass is 326 g/mol. The summed E-state index contributed by atoms with van der Waals surface area (Å²) in [6.45, 7) is 3.92. The number of carbonyl (C=O) groups is 1. The molecule has 23 heavy (non-hydrogen) atoms. The first kappa shape index (κ1) is 15.8. The Hall–Kier alpha value is -2.13. The van der Waals surface area contributed by atoms with Crippen LogP contribution in [0.3, 0.4) is 0 Å². The van der Waals surface area contributed by atoms with E-state index >= 15 is 0 Å². The number of benzene rings is 2. The van der Waals surface area contributed by atoms with Crippen molar-refractivity contribution in [2.24, 2.45) is 5.10 Å². The number of hydrogen-bond acceptors (Lipinski definition) is 2. The molecule has 118 valence electrons. The fourth-order valence-corrected chi connectivity index (χ4v) is 3.14. The highest BCUT2D eigenvalue weighted by Gasteiger charge is 2.32. The molecule has 0 radical (unpaired) electrons. The molecule has 1 aliphatic rings. The van der Waals surface area contributed by atoms with Crippen molar-refractivity contribution in [2.75, 3.05) is 0 Å². The minimum Gasteiger partial charge on any atom is -0.273 e. The molecular weight excluding hydrogens is 308 g/mol. The van der Waals surface area contributed by atoms with E-state index in [1.807, 2.05) is 37.3 Å². The maximum atomic E-state index is 12.3. The van der Waals surface area contributed by atoms with Crippen LogP contribution in [0.5, 0.6) is 0 Å². The molecule has 0 saturated carbocycles. The minimum atomic E-state index is -0.0615. The normalized spacial score (nSPS) is 17.3. The predicted octanol–water partition coefficient (Wildman–Crippen LogP) is 4.74. The van der Waals surface area contributed by atoms with Crippen molar-refractivity contribution in [3.63, 3.8) is 0 Å². The SMILES string of the molecule is CCC(=O)N1N=C(c2ccccc2Cl)C[C@H]1c1cccc(C)c1. The van der Waals surface area contributed by atoms with Crippen LogP contribution in [-0.2, 0) is 4.79 Å². The Morgan fingerprint density at radius 2 is 2.04 bits per heavy atom. The van der Waals surface area contributed by atoms with Crippen LogP contribution in [0.2, 0.25) is 5.02 Å². The van der Waals surface area contributed by atoms with Crippen LogP contribution in [0, 0.1) is 6.92 Å². The van der Waals surface area contributed by atoms with Crippen LogP contribution in [0.1, 0.15) is 42.5 Å². The fourth-order valence-electron chi connectivity index (χ4n) is 2.90. The quantitative estimate of drug-likeness (QED) is 0.802. The maximum absolute atomic E-state index is 12.3. The summed E-state index contributed by atoms with van der Waals surface area (Å²) in [6.07, 6.45) is 1.11.